The quantitative estimate of drug-likeness (QED) is 0.671. The Bertz CT molecular complexity index is 1240. The summed E-state index contributed by atoms with van der Waals surface area (Å²) in [5.74, 6) is 0.388. The summed E-state index contributed by atoms with van der Waals surface area (Å²) in [5.41, 5.74) is 2.31. The fourth-order valence-corrected chi connectivity index (χ4v) is 4.84. The summed E-state index contributed by atoms with van der Waals surface area (Å²) in [7, 11) is -0.706. The van der Waals surface area contributed by atoms with E-state index < -0.39 is 10.0 Å². The molecule has 1 aliphatic rings. The lowest BCUT2D eigenvalue weighted by atomic mass is 9.98. The van der Waals surface area contributed by atoms with Crippen LogP contribution >= 0.6 is 0 Å². The maximum absolute atomic E-state index is 12.7. The molecule has 0 radical (unpaired) electrons. The van der Waals surface area contributed by atoms with Gasteiger partial charge in [-0.2, -0.15) is 0 Å². The van der Waals surface area contributed by atoms with Crippen molar-refractivity contribution in [3.63, 3.8) is 0 Å². The molecule has 4 rings (SSSR count). The van der Waals surface area contributed by atoms with Crippen molar-refractivity contribution in [2.75, 3.05) is 14.1 Å². The molecular formula is C21H26N4O4S. The van der Waals surface area contributed by atoms with E-state index in [9.17, 15) is 13.2 Å². The number of aromatic amines is 1. The van der Waals surface area contributed by atoms with Crippen molar-refractivity contribution in [1.29, 1.82) is 0 Å². The monoisotopic (exact) mass is 430 g/mol. The second-order valence-electron chi connectivity index (χ2n) is 7.91. The van der Waals surface area contributed by atoms with Crippen molar-refractivity contribution in [3.8, 4) is 17.1 Å². The van der Waals surface area contributed by atoms with Gasteiger partial charge in [0.05, 0.1) is 17.5 Å². The van der Waals surface area contributed by atoms with Gasteiger partial charge < -0.3 is 14.1 Å². The van der Waals surface area contributed by atoms with Crippen LogP contribution in [0, 0.1) is 6.92 Å². The Morgan fingerprint density at radius 3 is 2.63 bits per heavy atom. The van der Waals surface area contributed by atoms with Crippen LogP contribution in [0.25, 0.3) is 16.8 Å². The van der Waals surface area contributed by atoms with Crippen LogP contribution in [0.2, 0.25) is 0 Å². The number of nitrogens with one attached hydrogen (secondary N) is 1. The van der Waals surface area contributed by atoms with Gasteiger partial charge in [0.2, 0.25) is 15.9 Å². The van der Waals surface area contributed by atoms with Gasteiger partial charge in [-0.25, -0.2) is 17.7 Å². The number of nitrogens with zero attached hydrogens (tertiary/aromatic N) is 3. The summed E-state index contributed by atoms with van der Waals surface area (Å²) in [4.78, 5) is 19.5. The first-order valence-corrected chi connectivity index (χ1v) is 11.5. The van der Waals surface area contributed by atoms with Crippen LogP contribution in [0.4, 0.5) is 0 Å². The Kier molecular flexibility index (Phi) is 5.42. The molecule has 1 aliphatic carbocycles. The van der Waals surface area contributed by atoms with E-state index in [1.807, 2.05) is 13.0 Å². The summed E-state index contributed by atoms with van der Waals surface area (Å²) < 4.78 is 34.6. The highest BCUT2D eigenvalue weighted by atomic mass is 32.2. The smallest absolute Gasteiger partial charge is 0.272 e. The SMILES string of the molecule is Cc1cc(-c2cc(S(=O)(=O)N(C)C)cnc2OC2CCCCC2)n2cc[nH]c(=O)c12. The highest BCUT2D eigenvalue weighted by Crippen LogP contribution is 2.35. The second kappa shape index (κ2) is 7.88. The first-order chi connectivity index (χ1) is 14.3. The lowest BCUT2D eigenvalue weighted by Gasteiger charge is -2.24. The Morgan fingerprint density at radius 1 is 1.20 bits per heavy atom. The van der Waals surface area contributed by atoms with Crippen LogP contribution in [-0.4, -0.2) is 47.3 Å². The first-order valence-electron chi connectivity index (χ1n) is 10.1. The molecule has 0 amide bonds. The summed E-state index contributed by atoms with van der Waals surface area (Å²) in [6.45, 7) is 1.85. The summed E-state index contributed by atoms with van der Waals surface area (Å²) in [5, 5.41) is 0. The zero-order valence-corrected chi connectivity index (χ0v) is 18.2. The summed E-state index contributed by atoms with van der Waals surface area (Å²) in [6, 6.07) is 3.45. The van der Waals surface area contributed by atoms with Crippen molar-refractivity contribution in [1.82, 2.24) is 18.7 Å². The lowest BCUT2D eigenvalue weighted by molar-refractivity contribution is 0.149. The minimum atomic E-state index is -3.67. The standard InChI is InChI=1S/C21H26N4O4S/c1-14-11-18(25-10-9-22-20(26)19(14)25)17-12-16(30(27,28)24(2)3)13-23-21(17)29-15-7-5-4-6-8-15/h9-13,15H,4-8H2,1-3H3,(H,22,26). The molecule has 0 bridgehead atoms. The number of pyridine rings is 1. The number of fused-ring (bicyclic) bond motifs is 1. The van der Waals surface area contributed by atoms with Gasteiger partial charge in [-0.05, 0) is 50.3 Å². The summed E-state index contributed by atoms with van der Waals surface area (Å²) >= 11 is 0. The third-order valence-corrected chi connectivity index (χ3v) is 7.37. The molecule has 0 saturated heterocycles. The van der Waals surface area contributed by atoms with Gasteiger partial charge in [0.15, 0.2) is 0 Å². The Labute approximate surface area is 175 Å². The Hall–Kier alpha value is -2.65. The number of hydrogen-bond donors (Lipinski definition) is 1. The number of sulfonamides is 1. The Balaban J connectivity index is 1.91. The van der Waals surface area contributed by atoms with E-state index in [1.54, 1.807) is 22.9 Å². The van der Waals surface area contributed by atoms with Gasteiger partial charge in [-0.3, -0.25) is 4.79 Å². The molecule has 9 heteroatoms. The molecule has 3 heterocycles. The van der Waals surface area contributed by atoms with E-state index in [-0.39, 0.29) is 16.6 Å². The predicted molar refractivity (Wildman–Crippen MR) is 114 cm³/mol. The van der Waals surface area contributed by atoms with E-state index in [0.717, 1.165) is 35.6 Å². The van der Waals surface area contributed by atoms with Gasteiger partial charge in [0, 0.05) is 26.5 Å². The van der Waals surface area contributed by atoms with Crippen molar-refractivity contribution < 1.29 is 13.2 Å². The maximum Gasteiger partial charge on any atom is 0.272 e. The molecule has 30 heavy (non-hydrogen) atoms. The van der Waals surface area contributed by atoms with Gasteiger partial charge >= 0.3 is 0 Å². The van der Waals surface area contributed by atoms with Crippen LogP contribution in [0.1, 0.15) is 37.7 Å². The average molecular weight is 431 g/mol. The van der Waals surface area contributed by atoms with E-state index in [0.29, 0.717) is 22.7 Å². The highest BCUT2D eigenvalue weighted by molar-refractivity contribution is 7.89. The van der Waals surface area contributed by atoms with Crippen molar-refractivity contribution >= 4 is 15.5 Å². The number of aromatic nitrogens is 3. The molecule has 1 N–H and O–H groups in total. The van der Waals surface area contributed by atoms with Crippen LogP contribution in [0.5, 0.6) is 5.88 Å². The topological polar surface area (TPSA) is 96.8 Å². The van der Waals surface area contributed by atoms with Gasteiger partial charge in [0.1, 0.15) is 16.5 Å². The molecule has 0 unspecified atom stereocenters. The third kappa shape index (κ3) is 3.63. The third-order valence-electron chi connectivity index (χ3n) is 5.59. The zero-order chi connectivity index (χ0) is 21.5. The van der Waals surface area contributed by atoms with Crippen LogP contribution < -0.4 is 10.3 Å². The first kappa shape index (κ1) is 20.6. The van der Waals surface area contributed by atoms with E-state index in [4.69, 9.17) is 4.74 Å². The molecule has 8 nitrogen and oxygen atoms in total. The second-order valence-corrected chi connectivity index (χ2v) is 10.1. The molecule has 3 aromatic rings. The molecule has 1 fully saturated rings. The minimum absolute atomic E-state index is 0.0528. The minimum Gasteiger partial charge on any atom is -0.474 e. The number of aryl methyl sites for hydroxylation is 1. The van der Waals surface area contributed by atoms with Crippen LogP contribution in [0.15, 0.2) is 40.4 Å². The molecule has 0 aromatic carbocycles. The largest absolute Gasteiger partial charge is 0.474 e. The van der Waals surface area contributed by atoms with E-state index >= 15 is 0 Å². The van der Waals surface area contributed by atoms with Gasteiger partial charge in [-0.15, -0.1) is 0 Å². The molecule has 0 spiro atoms. The van der Waals surface area contributed by atoms with Gasteiger partial charge in [0.25, 0.3) is 5.56 Å². The number of rotatable bonds is 5. The fourth-order valence-electron chi connectivity index (χ4n) is 3.96. The molecule has 1 saturated carbocycles. The number of H-pyrrole nitrogens is 1. The lowest BCUT2D eigenvalue weighted by Crippen LogP contribution is -2.23. The Morgan fingerprint density at radius 2 is 1.93 bits per heavy atom. The molecule has 0 aliphatic heterocycles. The summed E-state index contributed by atoms with van der Waals surface area (Å²) in [6.07, 6.45) is 10.0. The van der Waals surface area contributed by atoms with Crippen molar-refractivity contribution in [2.45, 2.75) is 50.0 Å². The normalized spacial score (nSPS) is 15.7. The number of hydrogen-bond acceptors (Lipinski definition) is 5. The average Bonchev–Trinajstić information content (AvgIpc) is 3.06. The molecule has 0 atom stereocenters. The van der Waals surface area contributed by atoms with E-state index in [1.165, 1.54) is 26.7 Å². The molecular weight excluding hydrogens is 404 g/mol. The highest BCUT2D eigenvalue weighted by Gasteiger charge is 2.25. The molecule has 3 aromatic heterocycles. The van der Waals surface area contributed by atoms with Crippen molar-refractivity contribution in [2.24, 2.45) is 0 Å². The van der Waals surface area contributed by atoms with E-state index in [2.05, 4.69) is 9.97 Å². The zero-order valence-electron chi connectivity index (χ0n) is 17.4. The fraction of sp³-hybridized carbons (Fsp3) is 0.429. The number of ether oxygens (including phenoxy) is 1. The van der Waals surface area contributed by atoms with Crippen LogP contribution in [0.3, 0.4) is 0 Å². The van der Waals surface area contributed by atoms with Crippen LogP contribution in [-0.2, 0) is 10.0 Å². The van der Waals surface area contributed by atoms with Gasteiger partial charge in [-0.1, -0.05) is 6.42 Å². The maximum atomic E-state index is 12.7. The van der Waals surface area contributed by atoms with Crippen molar-refractivity contribution in [3.05, 3.63) is 46.6 Å². The predicted octanol–water partition coefficient (Wildman–Crippen LogP) is 2.96. The molecule has 160 valence electrons.